The molecule has 0 spiro atoms. The Kier molecular flexibility index (Phi) is 8.23. The number of thioether (sulfide) groups is 1. The number of hydrogen-bond acceptors (Lipinski definition) is 8. The van der Waals surface area contributed by atoms with Crippen molar-refractivity contribution in [2.75, 3.05) is 17.7 Å². The van der Waals surface area contributed by atoms with E-state index in [4.69, 9.17) is 4.74 Å². The molecule has 148 valence electrons. The molecule has 2 heterocycles. The molecule has 0 atom stereocenters. The first-order chi connectivity index (χ1) is 12.9. The normalized spacial score (nSPS) is 11.0. The van der Waals surface area contributed by atoms with E-state index in [-0.39, 0.29) is 30.0 Å². The molecule has 2 aromatic rings. The molecule has 0 saturated heterocycles. The number of thiazole rings is 1. The maximum Gasteiger partial charge on any atom is 0.311 e. The van der Waals surface area contributed by atoms with Crippen LogP contribution < -0.4 is 5.32 Å². The highest BCUT2D eigenvalue weighted by molar-refractivity contribution is 7.99. The van der Waals surface area contributed by atoms with E-state index in [0.717, 1.165) is 23.9 Å². The van der Waals surface area contributed by atoms with Crippen molar-refractivity contribution in [2.24, 2.45) is 0 Å². The van der Waals surface area contributed by atoms with E-state index in [2.05, 4.69) is 45.8 Å². The van der Waals surface area contributed by atoms with E-state index in [0.29, 0.717) is 17.4 Å². The van der Waals surface area contributed by atoms with Gasteiger partial charge in [-0.1, -0.05) is 32.5 Å². The Bertz CT molecular complexity index is 772. The molecule has 2 rings (SSSR count). The minimum absolute atomic E-state index is 0.104. The lowest BCUT2D eigenvalue weighted by Crippen LogP contribution is -2.15. The van der Waals surface area contributed by atoms with E-state index in [9.17, 15) is 9.59 Å². The van der Waals surface area contributed by atoms with Gasteiger partial charge in [0.2, 0.25) is 5.91 Å². The van der Waals surface area contributed by atoms with E-state index in [1.807, 2.05) is 0 Å². The summed E-state index contributed by atoms with van der Waals surface area (Å²) in [7, 11) is 0. The zero-order valence-corrected chi connectivity index (χ0v) is 17.7. The van der Waals surface area contributed by atoms with E-state index < -0.39 is 0 Å². The van der Waals surface area contributed by atoms with Gasteiger partial charge >= 0.3 is 5.97 Å². The quantitative estimate of drug-likeness (QED) is 0.474. The molecule has 0 saturated carbocycles. The summed E-state index contributed by atoms with van der Waals surface area (Å²) in [6, 6.07) is 0. The highest BCUT2D eigenvalue weighted by Crippen LogP contribution is 2.22. The van der Waals surface area contributed by atoms with Crippen LogP contribution in [0.25, 0.3) is 0 Å². The number of rotatable bonds is 10. The second-order valence-electron chi connectivity index (χ2n) is 6.11. The third kappa shape index (κ3) is 6.31. The van der Waals surface area contributed by atoms with Gasteiger partial charge in [0.1, 0.15) is 5.82 Å². The molecular formula is C17H25N5O3S2. The molecule has 0 radical (unpaired) electrons. The van der Waals surface area contributed by atoms with Crippen molar-refractivity contribution in [1.29, 1.82) is 0 Å². The van der Waals surface area contributed by atoms with Gasteiger partial charge in [-0.3, -0.25) is 9.59 Å². The van der Waals surface area contributed by atoms with E-state index >= 15 is 0 Å². The van der Waals surface area contributed by atoms with Crippen LogP contribution in [0.1, 0.15) is 51.6 Å². The van der Waals surface area contributed by atoms with E-state index in [1.165, 1.54) is 23.1 Å². The molecule has 1 amide bonds. The molecular weight excluding hydrogens is 386 g/mol. The maximum absolute atomic E-state index is 12.2. The van der Waals surface area contributed by atoms with Crippen LogP contribution in [0, 0.1) is 0 Å². The molecule has 2 aromatic heterocycles. The van der Waals surface area contributed by atoms with Crippen LogP contribution in [0.3, 0.4) is 0 Å². The topological polar surface area (TPSA) is 99.0 Å². The Hall–Kier alpha value is -1.94. The van der Waals surface area contributed by atoms with Gasteiger partial charge in [-0.2, -0.15) is 0 Å². The van der Waals surface area contributed by atoms with Crippen LogP contribution in [0.2, 0.25) is 0 Å². The molecule has 0 aliphatic rings. The van der Waals surface area contributed by atoms with Crippen molar-refractivity contribution in [3.05, 3.63) is 16.9 Å². The van der Waals surface area contributed by atoms with Gasteiger partial charge in [-0.15, -0.1) is 21.5 Å². The molecule has 0 bridgehead atoms. The third-order valence-electron chi connectivity index (χ3n) is 3.47. The van der Waals surface area contributed by atoms with Gasteiger partial charge in [0.25, 0.3) is 0 Å². The van der Waals surface area contributed by atoms with Crippen LogP contribution in [0.4, 0.5) is 5.13 Å². The first kappa shape index (κ1) is 21.4. The number of anilines is 1. The average Bonchev–Trinajstić information content (AvgIpc) is 3.20. The SMILES string of the molecule is CCCn1c(SCC(=O)Nc2nc(CC(=O)OCC)cs2)nnc1C(C)C. The van der Waals surface area contributed by atoms with Crippen LogP contribution >= 0.6 is 23.1 Å². The van der Waals surface area contributed by atoms with E-state index in [1.54, 1.807) is 12.3 Å². The number of amides is 1. The lowest BCUT2D eigenvalue weighted by molar-refractivity contribution is -0.142. The van der Waals surface area contributed by atoms with Gasteiger partial charge < -0.3 is 14.6 Å². The minimum atomic E-state index is -0.326. The Morgan fingerprint density at radius 3 is 2.78 bits per heavy atom. The number of carbonyl (C=O) groups excluding carboxylic acids is 2. The summed E-state index contributed by atoms with van der Waals surface area (Å²) in [5, 5.41) is 14.2. The number of nitrogens with zero attached hydrogens (tertiary/aromatic N) is 4. The Morgan fingerprint density at radius 2 is 2.11 bits per heavy atom. The van der Waals surface area contributed by atoms with Crippen molar-refractivity contribution in [1.82, 2.24) is 19.7 Å². The van der Waals surface area contributed by atoms with Crippen molar-refractivity contribution in [2.45, 2.75) is 58.2 Å². The zero-order chi connectivity index (χ0) is 19.8. The fourth-order valence-electron chi connectivity index (χ4n) is 2.36. The fourth-order valence-corrected chi connectivity index (χ4v) is 3.86. The van der Waals surface area contributed by atoms with Crippen LogP contribution in [-0.4, -0.2) is 44.0 Å². The molecule has 8 nitrogen and oxygen atoms in total. The predicted octanol–water partition coefficient (Wildman–Crippen LogP) is 3.10. The molecule has 0 aliphatic carbocycles. The van der Waals surface area contributed by atoms with Gasteiger partial charge in [0.05, 0.1) is 24.5 Å². The molecule has 27 heavy (non-hydrogen) atoms. The van der Waals surface area contributed by atoms with Gasteiger partial charge in [0.15, 0.2) is 10.3 Å². The number of esters is 1. The van der Waals surface area contributed by atoms with Crippen LogP contribution in [0.15, 0.2) is 10.5 Å². The predicted molar refractivity (Wildman–Crippen MR) is 106 cm³/mol. The van der Waals surface area contributed by atoms with Gasteiger partial charge in [-0.25, -0.2) is 4.98 Å². The fraction of sp³-hybridized carbons (Fsp3) is 0.588. The summed E-state index contributed by atoms with van der Waals surface area (Å²) < 4.78 is 6.97. The summed E-state index contributed by atoms with van der Waals surface area (Å²) in [6.07, 6.45) is 1.08. The van der Waals surface area contributed by atoms with Gasteiger partial charge in [-0.05, 0) is 13.3 Å². The number of hydrogen-bond donors (Lipinski definition) is 1. The first-order valence-electron chi connectivity index (χ1n) is 8.90. The summed E-state index contributed by atoms with van der Waals surface area (Å²) in [6.45, 7) is 9.18. The molecule has 0 aromatic carbocycles. The largest absolute Gasteiger partial charge is 0.466 e. The molecule has 1 N–H and O–H groups in total. The first-order valence-corrected chi connectivity index (χ1v) is 10.8. The highest BCUT2D eigenvalue weighted by Gasteiger charge is 2.16. The Balaban J connectivity index is 1.90. The molecule has 0 aliphatic heterocycles. The maximum atomic E-state index is 12.2. The average molecular weight is 412 g/mol. The lowest BCUT2D eigenvalue weighted by Gasteiger charge is -2.10. The summed E-state index contributed by atoms with van der Waals surface area (Å²) in [4.78, 5) is 27.9. The standard InChI is InChI=1S/C17H25N5O3S2/c1-5-7-22-15(11(3)4)20-21-17(22)27-10-13(23)19-16-18-12(9-26-16)8-14(24)25-6-2/h9,11H,5-8,10H2,1-4H3,(H,18,19,23). The minimum Gasteiger partial charge on any atom is -0.466 e. The summed E-state index contributed by atoms with van der Waals surface area (Å²) in [5.41, 5.74) is 0.589. The lowest BCUT2D eigenvalue weighted by atomic mass is 10.2. The second kappa shape index (κ2) is 10.4. The van der Waals surface area contributed by atoms with Crippen molar-refractivity contribution in [3.8, 4) is 0 Å². The van der Waals surface area contributed by atoms with Crippen LogP contribution in [-0.2, 0) is 27.3 Å². The van der Waals surface area contributed by atoms with Gasteiger partial charge in [0, 0.05) is 17.8 Å². The number of nitrogens with one attached hydrogen (secondary N) is 1. The monoisotopic (exact) mass is 411 g/mol. The van der Waals surface area contributed by atoms with Crippen LogP contribution in [0.5, 0.6) is 0 Å². The summed E-state index contributed by atoms with van der Waals surface area (Å²) >= 11 is 2.64. The zero-order valence-electron chi connectivity index (χ0n) is 16.0. The molecule has 0 unspecified atom stereocenters. The molecule has 10 heteroatoms. The summed E-state index contributed by atoms with van der Waals surface area (Å²) in [5.74, 6) is 0.928. The third-order valence-corrected chi connectivity index (χ3v) is 5.24. The van der Waals surface area contributed by atoms with Crippen molar-refractivity contribution in [3.63, 3.8) is 0 Å². The van der Waals surface area contributed by atoms with Crippen molar-refractivity contribution >= 4 is 40.1 Å². The Morgan fingerprint density at radius 1 is 1.33 bits per heavy atom. The number of aromatic nitrogens is 4. The second-order valence-corrected chi connectivity index (χ2v) is 7.91. The molecule has 0 fully saturated rings. The highest BCUT2D eigenvalue weighted by atomic mass is 32.2. The Labute approximate surface area is 167 Å². The smallest absolute Gasteiger partial charge is 0.311 e. The number of ether oxygens (including phenoxy) is 1. The van der Waals surface area contributed by atoms with Crippen molar-refractivity contribution < 1.29 is 14.3 Å². The number of carbonyl (C=O) groups is 2.